The van der Waals surface area contributed by atoms with E-state index in [1.165, 1.54) is 7.11 Å². The van der Waals surface area contributed by atoms with E-state index in [0.29, 0.717) is 24.2 Å². The topological polar surface area (TPSA) is 122 Å². The van der Waals surface area contributed by atoms with Crippen LogP contribution in [0, 0.1) is 6.92 Å². The summed E-state index contributed by atoms with van der Waals surface area (Å²) in [7, 11) is 1.24. The zero-order valence-electron chi connectivity index (χ0n) is 18.3. The van der Waals surface area contributed by atoms with Crippen LogP contribution in [0.2, 0.25) is 0 Å². The fourth-order valence-corrected chi connectivity index (χ4v) is 4.69. The van der Waals surface area contributed by atoms with Crippen molar-refractivity contribution in [1.29, 1.82) is 0 Å². The molecule has 2 heterocycles. The number of hydrogen-bond donors (Lipinski definition) is 2. The maximum Gasteiger partial charge on any atom is 0.341 e. The van der Waals surface area contributed by atoms with Crippen molar-refractivity contribution in [3.63, 3.8) is 0 Å². The van der Waals surface area contributed by atoms with E-state index in [1.54, 1.807) is 13.8 Å². The van der Waals surface area contributed by atoms with Gasteiger partial charge in [0.2, 0.25) is 5.91 Å². The van der Waals surface area contributed by atoms with Crippen LogP contribution in [0.3, 0.4) is 0 Å². The Morgan fingerprint density at radius 2 is 1.72 bits per heavy atom. The van der Waals surface area contributed by atoms with Crippen LogP contribution < -0.4 is 16.0 Å². The zero-order valence-corrected chi connectivity index (χ0v) is 19.1. The van der Waals surface area contributed by atoms with Gasteiger partial charge in [-0.05, 0) is 43.7 Å². The van der Waals surface area contributed by atoms with Crippen LogP contribution >= 0.6 is 11.3 Å². The number of Topliss-reactive ketones (excluding diaryl/α,β-unsaturated/α-hetero) is 1. The molecule has 1 aliphatic heterocycles. The highest BCUT2D eigenvalue weighted by Crippen LogP contribution is 2.33. The number of methoxy groups -OCH3 is 1. The molecule has 3 N–H and O–H groups in total. The van der Waals surface area contributed by atoms with Crippen molar-refractivity contribution in [3.8, 4) is 0 Å². The van der Waals surface area contributed by atoms with Crippen LogP contribution in [-0.4, -0.2) is 68.3 Å². The SMILES string of the molecule is COC(=O)c1c(NC(=O)CN2CCN(c3ccc(C(C)=O)cc3)CC2)sc(C(N)=O)c1C. The summed E-state index contributed by atoms with van der Waals surface area (Å²) in [5, 5.41) is 2.99. The van der Waals surface area contributed by atoms with Gasteiger partial charge in [0.05, 0.1) is 24.1 Å². The van der Waals surface area contributed by atoms with Crippen molar-refractivity contribution in [2.45, 2.75) is 13.8 Å². The van der Waals surface area contributed by atoms with Crippen molar-refractivity contribution in [1.82, 2.24) is 4.90 Å². The molecule has 32 heavy (non-hydrogen) atoms. The van der Waals surface area contributed by atoms with Crippen molar-refractivity contribution >= 4 is 45.6 Å². The minimum Gasteiger partial charge on any atom is -0.465 e. The molecule has 1 aromatic carbocycles. The second-order valence-electron chi connectivity index (χ2n) is 7.53. The number of nitrogens with one attached hydrogen (secondary N) is 1. The smallest absolute Gasteiger partial charge is 0.341 e. The van der Waals surface area contributed by atoms with Gasteiger partial charge in [0.15, 0.2) is 5.78 Å². The van der Waals surface area contributed by atoms with Gasteiger partial charge in [-0.2, -0.15) is 0 Å². The minimum absolute atomic E-state index is 0.0339. The molecule has 0 radical (unpaired) electrons. The van der Waals surface area contributed by atoms with Gasteiger partial charge < -0.3 is 20.7 Å². The molecule has 0 unspecified atom stereocenters. The van der Waals surface area contributed by atoms with Gasteiger partial charge in [-0.15, -0.1) is 11.3 Å². The minimum atomic E-state index is -0.661. The Morgan fingerprint density at radius 3 is 2.25 bits per heavy atom. The van der Waals surface area contributed by atoms with Crippen LogP contribution in [0.15, 0.2) is 24.3 Å². The van der Waals surface area contributed by atoms with Crippen LogP contribution in [0.1, 0.15) is 42.9 Å². The highest BCUT2D eigenvalue weighted by atomic mass is 32.1. The summed E-state index contributed by atoms with van der Waals surface area (Å²) in [6.45, 7) is 6.14. The lowest BCUT2D eigenvalue weighted by Gasteiger charge is -2.35. The van der Waals surface area contributed by atoms with Crippen LogP contribution in [0.5, 0.6) is 0 Å². The Bertz CT molecular complexity index is 1040. The highest BCUT2D eigenvalue weighted by Gasteiger charge is 2.26. The first-order valence-corrected chi connectivity index (χ1v) is 10.9. The summed E-state index contributed by atoms with van der Waals surface area (Å²) < 4.78 is 4.79. The molecule has 0 bridgehead atoms. The van der Waals surface area contributed by atoms with Crippen molar-refractivity contribution < 1.29 is 23.9 Å². The first-order chi connectivity index (χ1) is 15.2. The van der Waals surface area contributed by atoms with E-state index >= 15 is 0 Å². The van der Waals surface area contributed by atoms with Gasteiger partial charge in [-0.3, -0.25) is 19.3 Å². The quantitative estimate of drug-likeness (QED) is 0.480. The molecule has 1 fully saturated rings. The summed E-state index contributed by atoms with van der Waals surface area (Å²) in [6.07, 6.45) is 0. The number of anilines is 2. The third-order valence-electron chi connectivity index (χ3n) is 5.39. The highest BCUT2D eigenvalue weighted by molar-refractivity contribution is 7.18. The molecular formula is C22H26N4O5S. The Morgan fingerprint density at radius 1 is 1.09 bits per heavy atom. The third kappa shape index (κ3) is 5.14. The fourth-order valence-electron chi connectivity index (χ4n) is 3.62. The maximum atomic E-state index is 12.6. The van der Waals surface area contributed by atoms with E-state index < -0.39 is 11.9 Å². The zero-order chi connectivity index (χ0) is 23.4. The van der Waals surface area contributed by atoms with Crippen LogP contribution in [0.25, 0.3) is 0 Å². The average molecular weight is 459 g/mol. The Kier molecular flexibility index (Phi) is 7.26. The lowest BCUT2D eigenvalue weighted by Crippen LogP contribution is -2.48. The summed E-state index contributed by atoms with van der Waals surface area (Å²) in [5.41, 5.74) is 7.64. The molecule has 170 valence electrons. The lowest BCUT2D eigenvalue weighted by atomic mass is 10.1. The standard InChI is InChI=1S/C22H26N4O5S/c1-13-18(22(30)31-3)21(32-19(13)20(23)29)24-17(28)12-25-8-10-26(11-9-25)16-6-4-15(5-7-16)14(2)27/h4-7H,8-12H2,1-3H3,(H2,23,29)(H,24,28). The molecule has 0 aliphatic carbocycles. The molecule has 10 heteroatoms. The van der Waals surface area contributed by atoms with E-state index in [0.717, 1.165) is 30.1 Å². The van der Waals surface area contributed by atoms with Crippen molar-refractivity contribution in [2.75, 3.05) is 50.1 Å². The largest absolute Gasteiger partial charge is 0.465 e. The number of hydrogen-bond acceptors (Lipinski definition) is 8. The summed E-state index contributed by atoms with van der Waals surface area (Å²) in [5.74, 6) is -1.55. The number of ether oxygens (including phenoxy) is 1. The molecule has 2 aromatic rings. The Labute approximate surface area is 190 Å². The number of thiophene rings is 1. The second kappa shape index (κ2) is 9.92. The molecule has 1 saturated heterocycles. The number of ketones is 1. The molecule has 2 amide bonds. The lowest BCUT2D eigenvalue weighted by molar-refractivity contribution is -0.117. The number of benzene rings is 1. The average Bonchev–Trinajstić information content (AvgIpc) is 3.09. The van der Waals surface area contributed by atoms with E-state index in [4.69, 9.17) is 10.5 Å². The van der Waals surface area contributed by atoms with Gasteiger partial charge in [0.1, 0.15) is 5.00 Å². The number of amides is 2. The van der Waals surface area contributed by atoms with Gasteiger partial charge in [-0.1, -0.05) is 0 Å². The molecule has 1 aromatic heterocycles. The van der Waals surface area contributed by atoms with Gasteiger partial charge in [0, 0.05) is 37.4 Å². The van der Waals surface area contributed by atoms with E-state index in [2.05, 4.69) is 10.2 Å². The number of rotatable bonds is 7. The predicted octanol–water partition coefficient (Wildman–Crippen LogP) is 1.91. The molecule has 0 saturated carbocycles. The number of nitrogens with two attached hydrogens (primary N) is 1. The van der Waals surface area contributed by atoms with Crippen LogP contribution in [-0.2, 0) is 9.53 Å². The predicted molar refractivity (Wildman–Crippen MR) is 123 cm³/mol. The third-order valence-corrected chi connectivity index (χ3v) is 6.61. The summed E-state index contributed by atoms with van der Waals surface area (Å²) in [6, 6.07) is 7.51. The number of carbonyl (C=O) groups excluding carboxylic acids is 4. The van der Waals surface area contributed by atoms with Gasteiger partial charge in [0.25, 0.3) is 5.91 Å². The molecular weight excluding hydrogens is 432 g/mol. The number of esters is 1. The van der Waals surface area contributed by atoms with E-state index in [1.807, 2.05) is 29.2 Å². The second-order valence-corrected chi connectivity index (χ2v) is 8.55. The molecule has 1 aliphatic rings. The van der Waals surface area contributed by atoms with Gasteiger partial charge >= 0.3 is 5.97 Å². The molecule has 9 nitrogen and oxygen atoms in total. The monoisotopic (exact) mass is 458 g/mol. The molecule has 0 atom stereocenters. The normalized spacial score (nSPS) is 14.2. The van der Waals surface area contributed by atoms with Crippen molar-refractivity contribution in [3.05, 3.63) is 45.8 Å². The number of piperazine rings is 1. The maximum absolute atomic E-state index is 12.6. The first kappa shape index (κ1) is 23.4. The van der Waals surface area contributed by atoms with Gasteiger partial charge in [-0.25, -0.2) is 4.79 Å². The number of carbonyl (C=O) groups is 4. The first-order valence-electron chi connectivity index (χ1n) is 10.1. The van der Waals surface area contributed by atoms with E-state index in [-0.39, 0.29) is 33.7 Å². The summed E-state index contributed by atoms with van der Waals surface area (Å²) >= 11 is 0.971. The molecule has 3 rings (SSSR count). The van der Waals surface area contributed by atoms with Crippen LogP contribution in [0.4, 0.5) is 10.7 Å². The Hall–Kier alpha value is -3.24. The number of primary amides is 1. The Balaban J connectivity index is 1.60. The summed E-state index contributed by atoms with van der Waals surface area (Å²) in [4.78, 5) is 52.3. The fraction of sp³-hybridized carbons (Fsp3) is 0.364. The van der Waals surface area contributed by atoms with E-state index in [9.17, 15) is 19.2 Å². The molecule has 0 spiro atoms. The number of nitrogens with zero attached hydrogens (tertiary/aromatic N) is 2. The van der Waals surface area contributed by atoms with Crippen molar-refractivity contribution in [2.24, 2.45) is 5.73 Å².